The van der Waals surface area contributed by atoms with Crippen molar-refractivity contribution in [3.05, 3.63) is 29.3 Å². The van der Waals surface area contributed by atoms with Gasteiger partial charge in [-0.2, -0.15) is 0 Å². The molecule has 2 rings (SSSR count). The lowest BCUT2D eigenvalue weighted by molar-refractivity contribution is 0.0696. The molecule has 1 aliphatic carbocycles. The van der Waals surface area contributed by atoms with Crippen molar-refractivity contribution in [1.29, 1.82) is 0 Å². The average molecular weight is 318 g/mol. The largest absolute Gasteiger partial charge is 0.478 e. The predicted molar refractivity (Wildman–Crippen MR) is 71.9 cm³/mol. The Labute approximate surface area is 121 Å². The van der Waals surface area contributed by atoms with Crippen molar-refractivity contribution < 1.29 is 27.1 Å². The van der Waals surface area contributed by atoms with Crippen LogP contribution in [-0.4, -0.2) is 24.7 Å². The second-order valence-corrected chi connectivity index (χ2v) is 7.71. The summed E-state index contributed by atoms with van der Waals surface area (Å²) in [5.74, 6) is -4.27. The summed E-state index contributed by atoms with van der Waals surface area (Å²) < 4.78 is 52.3. The Hall–Kier alpha value is -1.50. The number of sulfone groups is 1. The van der Waals surface area contributed by atoms with Gasteiger partial charge < -0.3 is 5.11 Å². The molecule has 7 heteroatoms. The van der Waals surface area contributed by atoms with Crippen molar-refractivity contribution >= 4 is 15.8 Å². The number of carboxylic acid groups (broad SMARTS) is 1. The van der Waals surface area contributed by atoms with E-state index in [1.54, 1.807) is 0 Å². The van der Waals surface area contributed by atoms with E-state index >= 15 is 0 Å². The highest BCUT2D eigenvalue weighted by Crippen LogP contribution is 2.33. The monoisotopic (exact) mass is 318 g/mol. The molecule has 0 aliphatic heterocycles. The zero-order chi connectivity index (χ0) is 15.8. The lowest BCUT2D eigenvalue weighted by Crippen LogP contribution is -2.28. The van der Waals surface area contributed by atoms with Gasteiger partial charge in [0.25, 0.3) is 0 Å². The first-order valence-electron chi connectivity index (χ1n) is 6.69. The minimum absolute atomic E-state index is 0.189. The molecule has 21 heavy (non-hydrogen) atoms. The molecule has 1 fully saturated rings. The summed E-state index contributed by atoms with van der Waals surface area (Å²) in [6, 6.07) is 1.19. The molecule has 1 N–H and O–H groups in total. The van der Waals surface area contributed by atoms with Gasteiger partial charge in [0.15, 0.2) is 21.5 Å². The summed E-state index contributed by atoms with van der Waals surface area (Å²) in [4.78, 5) is 10.0. The van der Waals surface area contributed by atoms with Crippen LogP contribution in [0, 0.1) is 17.6 Å². The van der Waals surface area contributed by atoms with Gasteiger partial charge in [0, 0.05) is 0 Å². The summed E-state index contributed by atoms with van der Waals surface area (Å²) in [6.07, 6.45) is 2.36. The van der Waals surface area contributed by atoms with E-state index < -0.39 is 43.1 Å². The van der Waals surface area contributed by atoms with Gasteiger partial charge in [0.2, 0.25) is 0 Å². The molecule has 2 unspecified atom stereocenters. The summed E-state index contributed by atoms with van der Waals surface area (Å²) in [5, 5.41) is 8.07. The summed E-state index contributed by atoms with van der Waals surface area (Å²) in [5.41, 5.74) is -0.573. The molecular formula is C14H16F2O4S. The Balaban J connectivity index is 2.51. The van der Waals surface area contributed by atoms with Crippen LogP contribution in [0.1, 0.15) is 43.0 Å². The van der Waals surface area contributed by atoms with Crippen molar-refractivity contribution in [3.63, 3.8) is 0 Å². The average Bonchev–Trinajstić information content (AvgIpc) is 2.41. The first-order valence-corrected chi connectivity index (χ1v) is 8.24. The molecular weight excluding hydrogens is 302 g/mol. The molecule has 0 saturated heterocycles. The number of carbonyl (C=O) groups is 1. The molecule has 0 spiro atoms. The standard InChI is InChI=1S/C14H16F2O4S/c1-8-3-2-4-10(5-8)21(19,20)12-7-9(14(17)18)6-11(15)13(12)16/h6-8,10H,2-5H2,1H3,(H,17,18). The SMILES string of the molecule is CC1CCCC(S(=O)(=O)c2cc(C(=O)O)cc(F)c2F)C1. The molecule has 0 heterocycles. The van der Waals surface area contributed by atoms with Crippen LogP contribution in [0.25, 0.3) is 0 Å². The molecule has 1 aliphatic rings. The zero-order valence-electron chi connectivity index (χ0n) is 11.5. The fourth-order valence-electron chi connectivity index (χ4n) is 2.73. The van der Waals surface area contributed by atoms with E-state index in [4.69, 9.17) is 5.11 Å². The lowest BCUT2D eigenvalue weighted by Gasteiger charge is -2.26. The maximum atomic E-state index is 13.8. The van der Waals surface area contributed by atoms with Crippen LogP contribution in [0.5, 0.6) is 0 Å². The lowest BCUT2D eigenvalue weighted by atomic mass is 9.91. The molecule has 0 bridgehead atoms. The first kappa shape index (κ1) is 15.9. The maximum absolute atomic E-state index is 13.8. The molecule has 116 valence electrons. The van der Waals surface area contributed by atoms with Gasteiger partial charge in [0.05, 0.1) is 10.8 Å². The molecule has 1 aromatic carbocycles. The maximum Gasteiger partial charge on any atom is 0.335 e. The molecule has 1 aromatic rings. The zero-order valence-corrected chi connectivity index (χ0v) is 12.3. The van der Waals surface area contributed by atoms with Crippen LogP contribution in [-0.2, 0) is 9.84 Å². The molecule has 1 saturated carbocycles. The quantitative estimate of drug-likeness (QED) is 0.930. The van der Waals surface area contributed by atoms with Gasteiger partial charge in [-0.15, -0.1) is 0 Å². The van der Waals surface area contributed by atoms with Gasteiger partial charge in [-0.25, -0.2) is 22.0 Å². The fourth-order valence-corrected chi connectivity index (χ4v) is 4.79. The summed E-state index contributed by atoms with van der Waals surface area (Å²) >= 11 is 0. The third kappa shape index (κ3) is 3.07. The smallest absolute Gasteiger partial charge is 0.335 e. The number of carboxylic acids is 1. The molecule has 4 nitrogen and oxygen atoms in total. The third-order valence-electron chi connectivity index (χ3n) is 3.88. The van der Waals surface area contributed by atoms with Crippen LogP contribution in [0.3, 0.4) is 0 Å². The number of hydrogen-bond donors (Lipinski definition) is 1. The minimum atomic E-state index is -4.08. The predicted octanol–water partition coefficient (Wildman–Crippen LogP) is 3.02. The van der Waals surface area contributed by atoms with E-state index in [0.29, 0.717) is 31.4 Å². The fraction of sp³-hybridized carbons (Fsp3) is 0.500. The van der Waals surface area contributed by atoms with E-state index in [2.05, 4.69) is 0 Å². The second-order valence-electron chi connectivity index (χ2n) is 5.51. The normalized spacial score (nSPS) is 23.0. The van der Waals surface area contributed by atoms with E-state index in [-0.39, 0.29) is 5.92 Å². The van der Waals surface area contributed by atoms with Gasteiger partial charge in [-0.3, -0.25) is 0 Å². The Bertz CT molecular complexity index is 670. The van der Waals surface area contributed by atoms with Gasteiger partial charge in [-0.05, 0) is 30.9 Å². The van der Waals surface area contributed by atoms with E-state index in [1.807, 2.05) is 6.92 Å². The highest BCUT2D eigenvalue weighted by Gasteiger charge is 2.35. The number of aromatic carboxylic acids is 1. The van der Waals surface area contributed by atoms with Gasteiger partial charge in [-0.1, -0.05) is 19.8 Å². The van der Waals surface area contributed by atoms with E-state index in [1.165, 1.54) is 0 Å². The van der Waals surface area contributed by atoms with Crippen molar-refractivity contribution in [2.24, 2.45) is 5.92 Å². The number of rotatable bonds is 3. The highest BCUT2D eigenvalue weighted by atomic mass is 32.2. The Morgan fingerprint density at radius 2 is 1.95 bits per heavy atom. The van der Waals surface area contributed by atoms with Crippen LogP contribution < -0.4 is 0 Å². The topological polar surface area (TPSA) is 71.4 Å². The Morgan fingerprint density at radius 1 is 1.29 bits per heavy atom. The third-order valence-corrected chi connectivity index (χ3v) is 6.09. The van der Waals surface area contributed by atoms with Crippen molar-refractivity contribution in [2.75, 3.05) is 0 Å². The molecule has 2 atom stereocenters. The van der Waals surface area contributed by atoms with Crippen molar-refractivity contribution in [2.45, 2.75) is 42.8 Å². The molecule has 0 amide bonds. The van der Waals surface area contributed by atoms with Crippen molar-refractivity contribution in [3.8, 4) is 0 Å². The van der Waals surface area contributed by atoms with Crippen LogP contribution >= 0.6 is 0 Å². The minimum Gasteiger partial charge on any atom is -0.478 e. The van der Waals surface area contributed by atoms with Gasteiger partial charge >= 0.3 is 5.97 Å². The Kier molecular flexibility index (Phi) is 4.32. The Morgan fingerprint density at radius 3 is 2.52 bits per heavy atom. The van der Waals surface area contributed by atoms with E-state index in [0.717, 1.165) is 6.42 Å². The number of hydrogen-bond acceptors (Lipinski definition) is 3. The summed E-state index contributed by atoms with van der Waals surface area (Å²) in [6.45, 7) is 1.91. The summed E-state index contributed by atoms with van der Waals surface area (Å²) in [7, 11) is -4.08. The molecule has 0 aromatic heterocycles. The van der Waals surface area contributed by atoms with Crippen LogP contribution in [0.2, 0.25) is 0 Å². The van der Waals surface area contributed by atoms with Crippen molar-refractivity contribution in [1.82, 2.24) is 0 Å². The number of halogens is 2. The van der Waals surface area contributed by atoms with E-state index in [9.17, 15) is 22.0 Å². The molecule has 0 radical (unpaired) electrons. The van der Waals surface area contributed by atoms with Crippen LogP contribution in [0.15, 0.2) is 17.0 Å². The van der Waals surface area contributed by atoms with Crippen LogP contribution in [0.4, 0.5) is 8.78 Å². The second kappa shape index (κ2) is 5.71. The van der Waals surface area contributed by atoms with Gasteiger partial charge in [0.1, 0.15) is 4.90 Å². The highest BCUT2D eigenvalue weighted by molar-refractivity contribution is 7.92. The number of benzene rings is 1. The first-order chi connectivity index (χ1) is 9.73.